The molecule has 0 aliphatic heterocycles. The highest BCUT2D eigenvalue weighted by molar-refractivity contribution is 7.98. The summed E-state index contributed by atoms with van der Waals surface area (Å²) >= 11 is 1.47. The van der Waals surface area contributed by atoms with E-state index in [9.17, 15) is 9.59 Å². The van der Waals surface area contributed by atoms with Crippen LogP contribution in [-0.4, -0.2) is 9.97 Å². The number of hydrogen-bond donors (Lipinski definition) is 3. The maximum Gasteiger partial charge on any atom is 0.325 e. The predicted molar refractivity (Wildman–Crippen MR) is 68.1 cm³/mol. The van der Waals surface area contributed by atoms with Crippen molar-refractivity contribution in [2.75, 3.05) is 5.73 Å². The standard InChI is InChI=1S/C11H11N3O2S/c12-8-3-1-2-4-9(8)17-6-7-5-10(15)14-11(16)13-7/h1-5H,6,12H2,(H2,13,14,15,16). The Bertz CT molecular complexity index is 605. The van der Waals surface area contributed by atoms with Crippen molar-refractivity contribution >= 4 is 17.4 Å². The summed E-state index contributed by atoms with van der Waals surface area (Å²) in [6.45, 7) is 0. The van der Waals surface area contributed by atoms with Crippen LogP contribution in [0.1, 0.15) is 5.69 Å². The van der Waals surface area contributed by atoms with Gasteiger partial charge in [-0.15, -0.1) is 11.8 Å². The molecule has 2 aromatic rings. The van der Waals surface area contributed by atoms with Gasteiger partial charge in [0.2, 0.25) is 0 Å². The normalized spacial score (nSPS) is 10.4. The van der Waals surface area contributed by atoms with Gasteiger partial charge in [-0.05, 0) is 12.1 Å². The van der Waals surface area contributed by atoms with E-state index >= 15 is 0 Å². The Balaban J connectivity index is 2.15. The van der Waals surface area contributed by atoms with Crippen LogP contribution in [0.3, 0.4) is 0 Å². The quantitative estimate of drug-likeness (QED) is 0.557. The van der Waals surface area contributed by atoms with Crippen LogP contribution in [0.4, 0.5) is 5.69 Å². The molecule has 1 aromatic heterocycles. The van der Waals surface area contributed by atoms with Gasteiger partial charge in [0, 0.05) is 28.1 Å². The van der Waals surface area contributed by atoms with Gasteiger partial charge >= 0.3 is 5.69 Å². The van der Waals surface area contributed by atoms with Crippen molar-refractivity contribution in [3.05, 3.63) is 56.9 Å². The Kier molecular flexibility index (Phi) is 3.34. The zero-order valence-electron chi connectivity index (χ0n) is 8.90. The van der Waals surface area contributed by atoms with Crippen LogP contribution in [0.2, 0.25) is 0 Å². The number of rotatable bonds is 3. The minimum absolute atomic E-state index is 0.398. The third-order valence-corrected chi connectivity index (χ3v) is 3.26. The molecule has 0 fully saturated rings. The van der Waals surface area contributed by atoms with E-state index in [1.54, 1.807) is 0 Å². The SMILES string of the molecule is Nc1ccccc1SCc1cc(=O)[nH]c(=O)[nH]1. The second-order valence-corrected chi connectivity index (χ2v) is 4.46. The van der Waals surface area contributed by atoms with E-state index in [1.165, 1.54) is 17.8 Å². The number of aromatic nitrogens is 2. The molecule has 4 N–H and O–H groups in total. The summed E-state index contributed by atoms with van der Waals surface area (Å²) in [5.74, 6) is 0.493. The third-order valence-electron chi connectivity index (χ3n) is 2.12. The Labute approximate surface area is 101 Å². The molecule has 0 spiro atoms. The highest BCUT2D eigenvalue weighted by Crippen LogP contribution is 2.26. The van der Waals surface area contributed by atoms with Crippen LogP contribution in [0.25, 0.3) is 0 Å². The van der Waals surface area contributed by atoms with E-state index in [1.807, 2.05) is 24.3 Å². The van der Waals surface area contributed by atoms with Crippen LogP contribution < -0.4 is 17.0 Å². The third kappa shape index (κ3) is 3.01. The van der Waals surface area contributed by atoms with Gasteiger partial charge in [0.1, 0.15) is 0 Å². The lowest BCUT2D eigenvalue weighted by Gasteiger charge is -2.04. The van der Waals surface area contributed by atoms with Crippen molar-refractivity contribution in [1.82, 2.24) is 9.97 Å². The van der Waals surface area contributed by atoms with E-state index in [0.717, 1.165) is 4.90 Å². The average molecular weight is 249 g/mol. The fourth-order valence-electron chi connectivity index (χ4n) is 1.36. The van der Waals surface area contributed by atoms with Gasteiger partial charge in [-0.1, -0.05) is 12.1 Å². The number of hydrogen-bond acceptors (Lipinski definition) is 4. The Morgan fingerprint density at radius 1 is 1.18 bits per heavy atom. The largest absolute Gasteiger partial charge is 0.398 e. The first-order valence-corrected chi connectivity index (χ1v) is 5.93. The molecular weight excluding hydrogens is 238 g/mol. The number of anilines is 1. The second kappa shape index (κ2) is 4.92. The molecule has 1 heterocycles. The molecule has 0 saturated heterocycles. The first kappa shape index (κ1) is 11.5. The number of aromatic amines is 2. The topological polar surface area (TPSA) is 91.7 Å². The zero-order valence-corrected chi connectivity index (χ0v) is 9.71. The van der Waals surface area contributed by atoms with Gasteiger partial charge in [0.25, 0.3) is 5.56 Å². The van der Waals surface area contributed by atoms with E-state index in [4.69, 9.17) is 5.73 Å². The molecule has 17 heavy (non-hydrogen) atoms. The maximum absolute atomic E-state index is 11.1. The number of H-pyrrole nitrogens is 2. The number of para-hydroxylation sites is 1. The predicted octanol–water partition coefficient (Wildman–Crippen LogP) is 0.938. The fraction of sp³-hybridized carbons (Fsp3) is 0.0909. The van der Waals surface area contributed by atoms with Crippen LogP contribution >= 0.6 is 11.8 Å². The molecule has 0 aliphatic carbocycles. The molecular formula is C11H11N3O2S. The van der Waals surface area contributed by atoms with Gasteiger partial charge in [-0.2, -0.15) is 0 Å². The Morgan fingerprint density at radius 2 is 1.94 bits per heavy atom. The molecule has 0 aliphatic rings. The monoisotopic (exact) mass is 249 g/mol. The van der Waals surface area contributed by atoms with E-state index in [-0.39, 0.29) is 0 Å². The highest BCUT2D eigenvalue weighted by atomic mass is 32.2. The minimum Gasteiger partial charge on any atom is -0.398 e. The lowest BCUT2D eigenvalue weighted by molar-refractivity contribution is 0.986. The van der Waals surface area contributed by atoms with Crippen molar-refractivity contribution < 1.29 is 0 Å². The fourth-order valence-corrected chi connectivity index (χ4v) is 2.24. The summed E-state index contributed by atoms with van der Waals surface area (Å²) in [5.41, 5.74) is 6.16. The smallest absolute Gasteiger partial charge is 0.325 e. The van der Waals surface area contributed by atoms with Gasteiger partial charge in [0.15, 0.2) is 0 Å². The molecule has 0 unspecified atom stereocenters. The van der Waals surface area contributed by atoms with Crippen molar-refractivity contribution in [1.29, 1.82) is 0 Å². The Hall–Kier alpha value is -1.95. The first-order valence-electron chi connectivity index (χ1n) is 4.95. The summed E-state index contributed by atoms with van der Waals surface area (Å²) in [6, 6.07) is 8.81. The van der Waals surface area contributed by atoms with Crippen molar-refractivity contribution in [3.8, 4) is 0 Å². The van der Waals surface area contributed by atoms with Crippen LogP contribution in [0, 0.1) is 0 Å². The summed E-state index contributed by atoms with van der Waals surface area (Å²) < 4.78 is 0. The first-order chi connectivity index (χ1) is 8.15. The van der Waals surface area contributed by atoms with E-state index in [0.29, 0.717) is 17.1 Å². The second-order valence-electron chi connectivity index (χ2n) is 3.44. The van der Waals surface area contributed by atoms with Crippen molar-refractivity contribution in [2.24, 2.45) is 0 Å². The van der Waals surface area contributed by atoms with Crippen LogP contribution in [0.15, 0.2) is 44.8 Å². The van der Waals surface area contributed by atoms with Crippen LogP contribution in [0.5, 0.6) is 0 Å². The molecule has 0 saturated carbocycles. The van der Waals surface area contributed by atoms with Gasteiger partial charge < -0.3 is 10.7 Å². The number of nitrogen functional groups attached to an aromatic ring is 1. The number of nitrogens with two attached hydrogens (primary N) is 1. The van der Waals surface area contributed by atoms with Crippen molar-refractivity contribution in [2.45, 2.75) is 10.6 Å². The highest BCUT2D eigenvalue weighted by Gasteiger charge is 2.01. The number of thioether (sulfide) groups is 1. The number of nitrogens with one attached hydrogen (secondary N) is 2. The molecule has 1 aromatic carbocycles. The Morgan fingerprint density at radius 3 is 2.65 bits per heavy atom. The molecule has 6 heteroatoms. The number of benzene rings is 1. The molecule has 88 valence electrons. The van der Waals surface area contributed by atoms with E-state index in [2.05, 4.69) is 9.97 Å². The van der Waals surface area contributed by atoms with Gasteiger partial charge in [-0.25, -0.2) is 4.79 Å². The van der Waals surface area contributed by atoms with Crippen LogP contribution in [-0.2, 0) is 5.75 Å². The van der Waals surface area contributed by atoms with Crippen molar-refractivity contribution in [3.63, 3.8) is 0 Å². The van der Waals surface area contributed by atoms with E-state index < -0.39 is 11.2 Å². The molecule has 0 bridgehead atoms. The van der Waals surface area contributed by atoms with Gasteiger partial charge in [-0.3, -0.25) is 9.78 Å². The lowest BCUT2D eigenvalue weighted by atomic mass is 10.3. The maximum atomic E-state index is 11.1. The lowest BCUT2D eigenvalue weighted by Crippen LogP contribution is -2.22. The molecule has 0 atom stereocenters. The molecule has 0 radical (unpaired) electrons. The minimum atomic E-state index is -0.492. The molecule has 5 nitrogen and oxygen atoms in total. The summed E-state index contributed by atoms with van der Waals surface area (Å²) in [5, 5.41) is 0. The molecule has 0 amide bonds. The molecule has 2 rings (SSSR count). The summed E-state index contributed by atoms with van der Waals surface area (Å²) in [4.78, 5) is 27.7. The average Bonchev–Trinajstić information content (AvgIpc) is 2.27. The zero-order chi connectivity index (χ0) is 12.3. The van der Waals surface area contributed by atoms with Gasteiger partial charge in [0.05, 0.1) is 0 Å². The summed E-state index contributed by atoms with van der Waals surface area (Å²) in [7, 11) is 0. The summed E-state index contributed by atoms with van der Waals surface area (Å²) in [6.07, 6.45) is 0.